The van der Waals surface area contributed by atoms with Gasteiger partial charge in [-0.15, -0.1) is 0 Å². The summed E-state index contributed by atoms with van der Waals surface area (Å²) in [5, 5.41) is 0. The predicted molar refractivity (Wildman–Crippen MR) is 79.2 cm³/mol. The summed E-state index contributed by atoms with van der Waals surface area (Å²) in [6.07, 6.45) is 9.21. The number of ketones is 1. The van der Waals surface area contributed by atoms with Gasteiger partial charge in [-0.25, -0.2) is 0 Å². The van der Waals surface area contributed by atoms with E-state index in [-0.39, 0.29) is 5.60 Å². The third-order valence-electron chi connectivity index (χ3n) is 5.29. The second-order valence-corrected chi connectivity index (χ2v) is 6.25. The molecule has 110 valence electrons. The quantitative estimate of drug-likeness (QED) is 0.837. The Morgan fingerprint density at radius 3 is 2.90 bits per heavy atom. The van der Waals surface area contributed by atoms with E-state index in [1.54, 1.807) is 0 Å². The van der Waals surface area contributed by atoms with Gasteiger partial charge in [-0.3, -0.25) is 4.79 Å². The molecule has 1 saturated heterocycles. The normalized spacial score (nSPS) is 25.5. The minimum Gasteiger partial charge on any atom is -0.375 e. The average molecular weight is 275 g/mol. The molecule has 0 bridgehead atoms. The Hall–Kier alpha value is -1.09. The molecule has 3 nitrogen and oxygen atoms in total. The molecule has 0 amide bonds. The highest BCUT2D eigenvalue weighted by Gasteiger charge is 2.36. The van der Waals surface area contributed by atoms with Crippen molar-refractivity contribution in [1.29, 1.82) is 0 Å². The molecule has 1 aromatic heterocycles. The van der Waals surface area contributed by atoms with E-state index < -0.39 is 0 Å². The SMILES string of the molecule is CCC1(CC)CC(n2ccc3c2CCCC3=O)CCO1. The summed E-state index contributed by atoms with van der Waals surface area (Å²) in [6.45, 7) is 5.29. The smallest absolute Gasteiger partial charge is 0.164 e. The van der Waals surface area contributed by atoms with Gasteiger partial charge in [-0.2, -0.15) is 0 Å². The molecule has 1 unspecified atom stereocenters. The molecule has 1 aromatic rings. The second-order valence-electron chi connectivity index (χ2n) is 6.25. The predicted octanol–water partition coefficient (Wildman–Crippen LogP) is 3.92. The van der Waals surface area contributed by atoms with Crippen molar-refractivity contribution >= 4 is 5.78 Å². The van der Waals surface area contributed by atoms with Crippen LogP contribution in [0.1, 0.15) is 74.5 Å². The van der Waals surface area contributed by atoms with Gasteiger partial charge in [-0.1, -0.05) is 13.8 Å². The van der Waals surface area contributed by atoms with E-state index in [1.807, 2.05) is 6.07 Å². The maximum Gasteiger partial charge on any atom is 0.164 e. The minimum absolute atomic E-state index is 0.0404. The van der Waals surface area contributed by atoms with Crippen LogP contribution in [0, 0.1) is 0 Å². The van der Waals surface area contributed by atoms with Crippen molar-refractivity contribution in [3.63, 3.8) is 0 Å². The third-order valence-corrected chi connectivity index (χ3v) is 5.29. The van der Waals surface area contributed by atoms with Crippen molar-refractivity contribution < 1.29 is 9.53 Å². The molecule has 2 heterocycles. The van der Waals surface area contributed by atoms with Gasteiger partial charge in [0.25, 0.3) is 0 Å². The van der Waals surface area contributed by atoms with E-state index in [0.717, 1.165) is 57.1 Å². The maximum absolute atomic E-state index is 12.0. The molecule has 1 atom stereocenters. The third kappa shape index (κ3) is 2.22. The first-order valence-electron chi connectivity index (χ1n) is 8.06. The van der Waals surface area contributed by atoms with Crippen molar-refractivity contribution in [1.82, 2.24) is 4.57 Å². The number of fused-ring (bicyclic) bond motifs is 1. The summed E-state index contributed by atoms with van der Waals surface area (Å²) in [5.41, 5.74) is 2.29. The lowest BCUT2D eigenvalue weighted by Gasteiger charge is -2.41. The van der Waals surface area contributed by atoms with E-state index in [0.29, 0.717) is 11.8 Å². The molecule has 0 radical (unpaired) electrons. The van der Waals surface area contributed by atoms with E-state index in [4.69, 9.17) is 4.74 Å². The van der Waals surface area contributed by atoms with Gasteiger partial charge in [0, 0.05) is 36.5 Å². The number of aromatic nitrogens is 1. The fourth-order valence-electron chi connectivity index (χ4n) is 3.87. The molecular weight excluding hydrogens is 250 g/mol. The molecule has 0 saturated carbocycles. The van der Waals surface area contributed by atoms with Crippen LogP contribution in [0.4, 0.5) is 0 Å². The first-order chi connectivity index (χ1) is 9.69. The van der Waals surface area contributed by atoms with Gasteiger partial charge in [0.15, 0.2) is 5.78 Å². The van der Waals surface area contributed by atoms with Crippen LogP contribution >= 0.6 is 0 Å². The summed E-state index contributed by atoms with van der Waals surface area (Å²) in [4.78, 5) is 12.0. The Bertz CT molecular complexity index is 499. The van der Waals surface area contributed by atoms with Crippen LogP contribution in [0.15, 0.2) is 12.3 Å². The topological polar surface area (TPSA) is 31.2 Å². The van der Waals surface area contributed by atoms with Crippen molar-refractivity contribution in [2.24, 2.45) is 0 Å². The van der Waals surface area contributed by atoms with Crippen LogP contribution in [0.5, 0.6) is 0 Å². The Labute approximate surface area is 121 Å². The average Bonchev–Trinajstić information content (AvgIpc) is 2.93. The highest BCUT2D eigenvalue weighted by molar-refractivity contribution is 5.98. The standard InChI is InChI=1S/C17H25NO2/c1-3-17(4-2)12-13(9-11-20-17)18-10-8-14-15(18)6-5-7-16(14)19/h8,10,13H,3-7,9,11-12H2,1-2H3. The summed E-state index contributed by atoms with van der Waals surface area (Å²) in [7, 11) is 0. The fraction of sp³-hybridized carbons (Fsp3) is 0.706. The van der Waals surface area contributed by atoms with Gasteiger partial charge in [0.05, 0.1) is 5.60 Å². The van der Waals surface area contributed by atoms with Crippen LogP contribution in [0.25, 0.3) is 0 Å². The van der Waals surface area contributed by atoms with Crippen LogP contribution in [0.2, 0.25) is 0 Å². The number of nitrogens with zero attached hydrogens (tertiary/aromatic N) is 1. The summed E-state index contributed by atoms with van der Waals surface area (Å²) < 4.78 is 8.46. The number of Topliss-reactive ketones (excluding diaryl/α,β-unsaturated/α-hetero) is 1. The molecule has 3 rings (SSSR count). The Morgan fingerprint density at radius 1 is 1.35 bits per heavy atom. The van der Waals surface area contributed by atoms with Gasteiger partial charge < -0.3 is 9.30 Å². The van der Waals surface area contributed by atoms with Gasteiger partial charge in [-0.05, 0) is 44.6 Å². The second kappa shape index (κ2) is 5.36. The fourth-order valence-corrected chi connectivity index (χ4v) is 3.87. The van der Waals surface area contributed by atoms with Crippen molar-refractivity contribution in [3.8, 4) is 0 Å². The van der Waals surface area contributed by atoms with Gasteiger partial charge in [0.1, 0.15) is 0 Å². The Morgan fingerprint density at radius 2 is 2.15 bits per heavy atom. The number of ether oxygens (including phenoxy) is 1. The number of carbonyl (C=O) groups excluding carboxylic acids is 1. The van der Waals surface area contributed by atoms with E-state index >= 15 is 0 Å². The van der Waals surface area contributed by atoms with Crippen LogP contribution in [-0.4, -0.2) is 22.6 Å². The number of hydrogen-bond acceptors (Lipinski definition) is 2. The Kier molecular flexibility index (Phi) is 3.72. The van der Waals surface area contributed by atoms with Crippen LogP contribution < -0.4 is 0 Å². The Balaban J connectivity index is 1.88. The molecule has 0 aromatic carbocycles. The molecule has 0 N–H and O–H groups in total. The first kappa shape index (κ1) is 13.9. The lowest BCUT2D eigenvalue weighted by atomic mass is 9.85. The number of hydrogen-bond donors (Lipinski definition) is 0. The molecule has 0 spiro atoms. The maximum atomic E-state index is 12.0. The van der Waals surface area contributed by atoms with E-state index in [9.17, 15) is 4.79 Å². The lowest BCUT2D eigenvalue weighted by Crippen LogP contribution is -2.39. The van der Waals surface area contributed by atoms with Crippen molar-refractivity contribution in [2.45, 2.75) is 70.4 Å². The summed E-state index contributed by atoms with van der Waals surface area (Å²) in [5.74, 6) is 0.328. The first-order valence-corrected chi connectivity index (χ1v) is 8.06. The zero-order valence-corrected chi connectivity index (χ0v) is 12.7. The molecule has 2 aliphatic rings. The van der Waals surface area contributed by atoms with Crippen molar-refractivity contribution in [2.75, 3.05) is 6.61 Å². The lowest BCUT2D eigenvalue weighted by molar-refractivity contribution is -0.0989. The largest absolute Gasteiger partial charge is 0.375 e. The zero-order chi connectivity index (χ0) is 14.2. The molecular formula is C17H25NO2. The van der Waals surface area contributed by atoms with Gasteiger partial charge >= 0.3 is 0 Å². The van der Waals surface area contributed by atoms with Gasteiger partial charge in [0.2, 0.25) is 0 Å². The molecule has 1 fully saturated rings. The van der Waals surface area contributed by atoms with E-state index in [1.165, 1.54) is 5.69 Å². The molecule has 1 aliphatic heterocycles. The zero-order valence-electron chi connectivity index (χ0n) is 12.7. The van der Waals surface area contributed by atoms with Crippen LogP contribution in [-0.2, 0) is 11.2 Å². The van der Waals surface area contributed by atoms with E-state index in [2.05, 4.69) is 24.6 Å². The van der Waals surface area contributed by atoms with Crippen molar-refractivity contribution in [3.05, 3.63) is 23.5 Å². The molecule has 1 aliphatic carbocycles. The summed E-state index contributed by atoms with van der Waals surface area (Å²) >= 11 is 0. The monoisotopic (exact) mass is 275 g/mol. The number of rotatable bonds is 3. The van der Waals surface area contributed by atoms with Crippen LogP contribution in [0.3, 0.4) is 0 Å². The molecule has 3 heteroatoms. The number of carbonyl (C=O) groups is 1. The highest BCUT2D eigenvalue weighted by atomic mass is 16.5. The highest BCUT2D eigenvalue weighted by Crippen LogP contribution is 2.39. The summed E-state index contributed by atoms with van der Waals surface area (Å²) in [6, 6.07) is 2.53. The molecule has 20 heavy (non-hydrogen) atoms. The minimum atomic E-state index is 0.0404.